The summed E-state index contributed by atoms with van der Waals surface area (Å²) in [4.78, 5) is 28.1. The van der Waals surface area contributed by atoms with Gasteiger partial charge in [-0.05, 0) is 48.0 Å². The van der Waals surface area contributed by atoms with E-state index in [1.807, 2.05) is 65.2 Å². The monoisotopic (exact) mass is 444 g/mol. The number of nitrogens with one attached hydrogen (secondary N) is 2. The summed E-state index contributed by atoms with van der Waals surface area (Å²) in [6.45, 7) is 0.453. The summed E-state index contributed by atoms with van der Waals surface area (Å²) in [5.74, 6) is 1.53. The summed E-state index contributed by atoms with van der Waals surface area (Å²) in [5.41, 5.74) is 2.21. The van der Waals surface area contributed by atoms with Gasteiger partial charge in [0.2, 0.25) is 11.8 Å². The van der Waals surface area contributed by atoms with Crippen molar-refractivity contribution in [3.8, 4) is 11.6 Å². The van der Waals surface area contributed by atoms with Crippen molar-refractivity contribution >= 4 is 34.4 Å². The van der Waals surface area contributed by atoms with Crippen LogP contribution in [0.4, 0.5) is 11.6 Å². The number of H-pyrrole nitrogens is 1. The van der Waals surface area contributed by atoms with Gasteiger partial charge in [0.25, 0.3) is 0 Å². The van der Waals surface area contributed by atoms with Crippen molar-refractivity contribution in [2.75, 3.05) is 5.32 Å². The topological polar surface area (TPSA) is 97.7 Å². The third-order valence-corrected chi connectivity index (χ3v) is 5.03. The molecule has 0 saturated heterocycles. The Hall–Kier alpha value is -4.17. The Bertz CT molecular complexity index is 1410. The highest BCUT2D eigenvalue weighted by Crippen LogP contribution is 2.24. The minimum absolute atomic E-state index is 0.351. The van der Waals surface area contributed by atoms with Crippen LogP contribution in [-0.4, -0.2) is 24.5 Å². The fourth-order valence-electron chi connectivity index (χ4n) is 3.24. The normalized spacial score (nSPS) is 10.9. The Labute approximate surface area is 187 Å². The van der Waals surface area contributed by atoms with Gasteiger partial charge < -0.3 is 15.0 Å². The van der Waals surface area contributed by atoms with Crippen molar-refractivity contribution in [1.29, 1.82) is 0 Å². The van der Waals surface area contributed by atoms with E-state index in [4.69, 9.17) is 16.3 Å². The van der Waals surface area contributed by atoms with Gasteiger partial charge in [-0.25, -0.2) is 9.97 Å². The molecule has 0 aliphatic rings. The van der Waals surface area contributed by atoms with Crippen LogP contribution in [0.5, 0.6) is 11.6 Å². The van der Waals surface area contributed by atoms with E-state index >= 15 is 0 Å². The number of nitrogens with zero attached hydrogens (tertiary/aromatic N) is 4. The Morgan fingerprint density at radius 2 is 1.81 bits per heavy atom. The zero-order valence-electron chi connectivity index (χ0n) is 16.7. The van der Waals surface area contributed by atoms with Crippen LogP contribution in [0.15, 0.2) is 84.0 Å². The summed E-state index contributed by atoms with van der Waals surface area (Å²) in [5, 5.41) is 3.87. The van der Waals surface area contributed by atoms with E-state index in [-0.39, 0.29) is 5.56 Å². The summed E-state index contributed by atoms with van der Waals surface area (Å²) < 4.78 is 7.57. The summed E-state index contributed by atoms with van der Waals surface area (Å²) in [7, 11) is 0. The Morgan fingerprint density at radius 3 is 2.56 bits per heavy atom. The van der Waals surface area contributed by atoms with Crippen LogP contribution in [-0.2, 0) is 6.54 Å². The molecule has 32 heavy (non-hydrogen) atoms. The smallest absolute Gasteiger partial charge is 0.300 e. The van der Waals surface area contributed by atoms with Crippen molar-refractivity contribution in [1.82, 2.24) is 24.5 Å². The number of aromatic nitrogens is 5. The average molecular weight is 445 g/mol. The fourth-order valence-corrected chi connectivity index (χ4v) is 3.37. The van der Waals surface area contributed by atoms with E-state index in [0.717, 1.165) is 11.3 Å². The highest BCUT2D eigenvalue weighted by atomic mass is 35.5. The first-order valence-electron chi connectivity index (χ1n) is 9.80. The number of hydrogen-bond acceptors (Lipinski definition) is 6. The standard InChI is InChI=1S/C23H17ClN6O2/c24-16-6-4-15(5-7-16)13-30-21-20(26-14-27-21)22(31)29-23(30)28-17-8-10-18(11-9-17)32-19-3-1-2-12-25-19/h1-12,14H,13H2,(H,26,27)(H,28,29,31). The molecular weight excluding hydrogens is 428 g/mol. The average Bonchev–Trinajstić information content (AvgIpc) is 3.30. The van der Waals surface area contributed by atoms with Gasteiger partial charge in [-0.3, -0.25) is 9.36 Å². The maximum atomic E-state index is 12.5. The Morgan fingerprint density at radius 1 is 1.00 bits per heavy atom. The first-order valence-corrected chi connectivity index (χ1v) is 10.2. The molecule has 3 aromatic heterocycles. The van der Waals surface area contributed by atoms with E-state index in [1.165, 1.54) is 6.33 Å². The summed E-state index contributed by atoms with van der Waals surface area (Å²) in [6, 6.07) is 20.3. The molecule has 0 fully saturated rings. The number of rotatable bonds is 6. The van der Waals surface area contributed by atoms with Gasteiger partial charge >= 0.3 is 5.56 Å². The van der Waals surface area contributed by atoms with Crippen LogP contribution in [0, 0.1) is 0 Å². The van der Waals surface area contributed by atoms with Crippen molar-refractivity contribution in [3.63, 3.8) is 0 Å². The lowest BCUT2D eigenvalue weighted by Crippen LogP contribution is -2.18. The van der Waals surface area contributed by atoms with Crippen LogP contribution in [0.3, 0.4) is 0 Å². The molecule has 9 heteroatoms. The molecule has 0 amide bonds. The minimum atomic E-state index is -0.387. The number of fused-ring (bicyclic) bond motifs is 1. The number of benzene rings is 2. The summed E-state index contributed by atoms with van der Waals surface area (Å²) >= 11 is 6.01. The Balaban J connectivity index is 1.45. The molecule has 0 radical (unpaired) electrons. The molecule has 8 nitrogen and oxygen atoms in total. The lowest BCUT2D eigenvalue weighted by Gasteiger charge is -2.15. The molecule has 0 atom stereocenters. The van der Waals surface area contributed by atoms with E-state index in [2.05, 4.69) is 25.3 Å². The molecule has 2 aromatic carbocycles. The SMILES string of the molecule is O=c1nc(Nc2ccc(Oc3ccccn3)cc2)n(Cc2ccc(Cl)cc2)c2nc[nH]c12. The third kappa shape index (κ3) is 4.17. The molecule has 2 N–H and O–H groups in total. The second kappa shape index (κ2) is 8.52. The highest BCUT2D eigenvalue weighted by Gasteiger charge is 2.14. The molecule has 0 saturated carbocycles. The van der Waals surface area contributed by atoms with Gasteiger partial charge in [0.05, 0.1) is 12.9 Å². The van der Waals surface area contributed by atoms with Gasteiger partial charge in [-0.2, -0.15) is 4.98 Å². The Kier molecular flexibility index (Phi) is 5.27. The zero-order valence-corrected chi connectivity index (χ0v) is 17.5. The van der Waals surface area contributed by atoms with E-state index in [0.29, 0.717) is 40.3 Å². The largest absolute Gasteiger partial charge is 0.439 e. The first kappa shape index (κ1) is 19.8. The van der Waals surface area contributed by atoms with Crippen LogP contribution < -0.4 is 15.6 Å². The number of ether oxygens (including phenoxy) is 1. The molecule has 5 aromatic rings. The molecule has 5 rings (SSSR count). The first-order chi connectivity index (χ1) is 15.7. The van der Waals surface area contributed by atoms with Crippen molar-refractivity contribution in [2.24, 2.45) is 0 Å². The van der Waals surface area contributed by atoms with Crippen molar-refractivity contribution in [2.45, 2.75) is 6.54 Å². The minimum Gasteiger partial charge on any atom is -0.439 e. The molecule has 0 spiro atoms. The maximum absolute atomic E-state index is 12.5. The summed E-state index contributed by atoms with van der Waals surface area (Å²) in [6.07, 6.45) is 3.15. The quantitative estimate of drug-likeness (QED) is 0.392. The molecule has 0 bridgehead atoms. The third-order valence-electron chi connectivity index (χ3n) is 4.78. The molecule has 0 aliphatic carbocycles. The second-order valence-corrected chi connectivity index (χ2v) is 7.41. The van der Waals surface area contributed by atoms with Gasteiger partial charge in [0.15, 0.2) is 11.2 Å². The van der Waals surface area contributed by atoms with Gasteiger partial charge in [-0.15, -0.1) is 0 Å². The molecule has 3 heterocycles. The zero-order chi connectivity index (χ0) is 21.9. The van der Waals surface area contributed by atoms with Gasteiger partial charge in [0.1, 0.15) is 5.75 Å². The number of imidazole rings is 1. The maximum Gasteiger partial charge on any atom is 0.300 e. The van der Waals surface area contributed by atoms with Crippen LogP contribution in [0.1, 0.15) is 5.56 Å². The number of aromatic amines is 1. The lowest BCUT2D eigenvalue weighted by molar-refractivity contribution is 0.463. The number of halogens is 1. The van der Waals surface area contributed by atoms with E-state index < -0.39 is 0 Å². The van der Waals surface area contributed by atoms with Gasteiger partial charge in [0, 0.05) is 23.0 Å². The van der Waals surface area contributed by atoms with Gasteiger partial charge in [-0.1, -0.05) is 29.8 Å². The lowest BCUT2D eigenvalue weighted by atomic mass is 10.2. The second-order valence-electron chi connectivity index (χ2n) is 6.97. The number of anilines is 2. The van der Waals surface area contributed by atoms with E-state index in [9.17, 15) is 4.79 Å². The number of pyridine rings is 1. The van der Waals surface area contributed by atoms with Crippen LogP contribution in [0.2, 0.25) is 5.02 Å². The predicted octanol–water partition coefficient (Wildman–Crippen LogP) is 4.75. The molecule has 0 aliphatic heterocycles. The predicted molar refractivity (Wildman–Crippen MR) is 123 cm³/mol. The molecule has 158 valence electrons. The fraction of sp³-hybridized carbons (Fsp3) is 0.0435. The number of hydrogen-bond donors (Lipinski definition) is 2. The van der Waals surface area contributed by atoms with Crippen LogP contribution >= 0.6 is 11.6 Å². The van der Waals surface area contributed by atoms with E-state index in [1.54, 1.807) is 12.3 Å². The molecular formula is C23H17ClN6O2. The highest BCUT2D eigenvalue weighted by molar-refractivity contribution is 6.30. The molecule has 0 unspecified atom stereocenters. The van der Waals surface area contributed by atoms with Crippen molar-refractivity contribution < 1.29 is 4.74 Å². The van der Waals surface area contributed by atoms with Crippen molar-refractivity contribution in [3.05, 3.63) is 100 Å². The van der Waals surface area contributed by atoms with Crippen LogP contribution in [0.25, 0.3) is 11.2 Å².